The number of pyridine rings is 1. The lowest BCUT2D eigenvalue weighted by Gasteiger charge is -2.11. The second kappa shape index (κ2) is 7.58. The van der Waals surface area contributed by atoms with E-state index in [0.717, 1.165) is 35.7 Å². The minimum atomic E-state index is 0.452. The highest BCUT2D eigenvalue weighted by atomic mass is 35.5. The predicted molar refractivity (Wildman–Crippen MR) is 89.8 cm³/mol. The first-order valence-corrected chi connectivity index (χ1v) is 7.90. The number of hydrogen-bond donors (Lipinski definition) is 1. The average molecular weight is 303 g/mol. The van der Waals surface area contributed by atoms with Gasteiger partial charge in [-0.25, -0.2) is 0 Å². The number of aryl methyl sites for hydroxylation is 1. The number of hydrogen-bond acceptors (Lipinski definition) is 2. The van der Waals surface area contributed by atoms with Gasteiger partial charge >= 0.3 is 0 Å². The standard InChI is InChI=1S/C18H23ClN2/c1-4-14-5-7-17(21-11-14)10-15-6-8-18(19)16(9-15)12-20-13(2)3/h5-9,11,13,20H,4,10,12H2,1-3H3. The molecule has 0 aliphatic heterocycles. The Bertz CT molecular complexity index is 576. The minimum Gasteiger partial charge on any atom is -0.310 e. The summed E-state index contributed by atoms with van der Waals surface area (Å²) in [6.45, 7) is 7.21. The van der Waals surface area contributed by atoms with Crippen LogP contribution in [0.25, 0.3) is 0 Å². The Balaban J connectivity index is 2.10. The summed E-state index contributed by atoms with van der Waals surface area (Å²) >= 11 is 6.27. The predicted octanol–water partition coefficient (Wildman–Crippen LogP) is 4.39. The monoisotopic (exact) mass is 302 g/mol. The fraction of sp³-hybridized carbons (Fsp3) is 0.389. The number of nitrogens with zero attached hydrogens (tertiary/aromatic N) is 1. The van der Waals surface area contributed by atoms with E-state index >= 15 is 0 Å². The molecule has 21 heavy (non-hydrogen) atoms. The number of halogens is 1. The fourth-order valence-electron chi connectivity index (χ4n) is 2.17. The Morgan fingerprint density at radius 2 is 1.90 bits per heavy atom. The van der Waals surface area contributed by atoms with E-state index in [0.29, 0.717) is 6.04 Å². The first-order chi connectivity index (χ1) is 10.1. The van der Waals surface area contributed by atoms with Gasteiger partial charge in [0.2, 0.25) is 0 Å². The van der Waals surface area contributed by atoms with Crippen molar-refractivity contribution in [2.75, 3.05) is 0 Å². The van der Waals surface area contributed by atoms with E-state index in [9.17, 15) is 0 Å². The van der Waals surface area contributed by atoms with Crippen molar-refractivity contribution in [3.8, 4) is 0 Å². The Labute approximate surface area is 132 Å². The molecule has 0 amide bonds. The molecule has 0 saturated carbocycles. The van der Waals surface area contributed by atoms with Gasteiger partial charge < -0.3 is 5.32 Å². The van der Waals surface area contributed by atoms with Crippen LogP contribution in [0.1, 0.15) is 43.2 Å². The van der Waals surface area contributed by atoms with Gasteiger partial charge in [-0.1, -0.05) is 50.6 Å². The van der Waals surface area contributed by atoms with Crippen molar-refractivity contribution in [3.63, 3.8) is 0 Å². The maximum absolute atomic E-state index is 6.27. The maximum atomic E-state index is 6.27. The zero-order valence-electron chi connectivity index (χ0n) is 13.0. The van der Waals surface area contributed by atoms with Crippen molar-refractivity contribution in [1.29, 1.82) is 0 Å². The van der Waals surface area contributed by atoms with Crippen LogP contribution < -0.4 is 5.32 Å². The van der Waals surface area contributed by atoms with E-state index in [-0.39, 0.29) is 0 Å². The molecule has 0 aliphatic rings. The van der Waals surface area contributed by atoms with Crippen LogP contribution in [0.4, 0.5) is 0 Å². The molecule has 2 rings (SSSR count). The second-order valence-corrected chi connectivity index (χ2v) is 6.06. The van der Waals surface area contributed by atoms with Crippen molar-refractivity contribution >= 4 is 11.6 Å². The smallest absolute Gasteiger partial charge is 0.0451 e. The van der Waals surface area contributed by atoms with E-state index in [1.165, 1.54) is 11.1 Å². The second-order valence-electron chi connectivity index (χ2n) is 5.65. The first-order valence-electron chi connectivity index (χ1n) is 7.53. The van der Waals surface area contributed by atoms with E-state index in [2.05, 4.69) is 55.3 Å². The summed E-state index contributed by atoms with van der Waals surface area (Å²) in [6.07, 6.45) is 3.83. The molecule has 112 valence electrons. The fourth-order valence-corrected chi connectivity index (χ4v) is 2.35. The quantitative estimate of drug-likeness (QED) is 0.856. The summed E-state index contributed by atoms with van der Waals surface area (Å²) in [6, 6.07) is 10.9. The van der Waals surface area contributed by atoms with Gasteiger partial charge in [-0.15, -0.1) is 0 Å². The van der Waals surface area contributed by atoms with Crippen LogP contribution in [-0.4, -0.2) is 11.0 Å². The van der Waals surface area contributed by atoms with Gasteiger partial charge in [0.05, 0.1) is 0 Å². The molecule has 0 radical (unpaired) electrons. The van der Waals surface area contributed by atoms with E-state index in [4.69, 9.17) is 11.6 Å². The topological polar surface area (TPSA) is 24.9 Å². The molecular formula is C18H23ClN2. The summed E-state index contributed by atoms with van der Waals surface area (Å²) in [4.78, 5) is 4.52. The average Bonchev–Trinajstić information content (AvgIpc) is 2.48. The first kappa shape index (κ1) is 16.0. The van der Waals surface area contributed by atoms with Gasteiger partial charge in [0, 0.05) is 35.9 Å². The number of aromatic nitrogens is 1. The lowest BCUT2D eigenvalue weighted by atomic mass is 10.0. The van der Waals surface area contributed by atoms with Gasteiger partial charge in [0.15, 0.2) is 0 Å². The lowest BCUT2D eigenvalue weighted by Crippen LogP contribution is -2.22. The van der Waals surface area contributed by atoms with Gasteiger partial charge in [-0.3, -0.25) is 4.98 Å². The Morgan fingerprint density at radius 3 is 2.52 bits per heavy atom. The van der Waals surface area contributed by atoms with Gasteiger partial charge in [-0.2, -0.15) is 0 Å². The molecular weight excluding hydrogens is 280 g/mol. The molecule has 3 heteroatoms. The molecule has 1 heterocycles. The molecule has 0 unspecified atom stereocenters. The van der Waals surface area contributed by atoms with Gasteiger partial charge in [0.1, 0.15) is 0 Å². The third kappa shape index (κ3) is 4.83. The van der Waals surface area contributed by atoms with E-state index in [1.54, 1.807) is 0 Å². The summed E-state index contributed by atoms with van der Waals surface area (Å²) in [5.41, 5.74) is 4.76. The molecule has 0 bridgehead atoms. The molecule has 0 atom stereocenters. The highest BCUT2D eigenvalue weighted by Gasteiger charge is 2.05. The van der Waals surface area contributed by atoms with E-state index < -0.39 is 0 Å². The number of nitrogens with one attached hydrogen (secondary N) is 1. The minimum absolute atomic E-state index is 0.452. The Hall–Kier alpha value is -1.38. The normalized spacial score (nSPS) is 11.1. The molecule has 2 aromatic rings. The zero-order valence-corrected chi connectivity index (χ0v) is 13.7. The summed E-state index contributed by atoms with van der Waals surface area (Å²) in [5, 5.41) is 4.23. The van der Waals surface area contributed by atoms with Crippen molar-refractivity contribution < 1.29 is 0 Å². The zero-order chi connectivity index (χ0) is 15.2. The Morgan fingerprint density at radius 1 is 1.14 bits per heavy atom. The molecule has 0 saturated heterocycles. The van der Waals surface area contributed by atoms with Gasteiger partial charge in [0.25, 0.3) is 0 Å². The SMILES string of the molecule is CCc1ccc(Cc2ccc(Cl)c(CNC(C)C)c2)nc1. The number of benzene rings is 1. The highest BCUT2D eigenvalue weighted by molar-refractivity contribution is 6.31. The Kier molecular flexibility index (Phi) is 5.77. The molecule has 1 aromatic heterocycles. The maximum Gasteiger partial charge on any atom is 0.0451 e. The largest absolute Gasteiger partial charge is 0.310 e. The number of rotatable bonds is 6. The molecule has 0 aliphatic carbocycles. The van der Waals surface area contributed by atoms with Crippen molar-refractivity contribution in [1.82, 2.24) is 10.3 Å². The van der Waals surface area contributed by atoms with Crippen molar-refractivity contribution in [2.24, 2.45) is 0 Å². The lowest BCUT2D eigenvalue weighted by molar-refractivity contribution is 0.588. The van der Waals surface area contributed by atoms with Crippen LogP contribution in [0, 0.1) is 0 Å². The van der Waals surface area contributed by atoms with Crippen molar-refractivity contribution in [2.45, 2.75) is 46.2 Å². The van der Waals surface area contributed by atoms with E-state index in [1.807, 2.05) is 12.3 Å². The molecule has 0 spiro atoms. The summed E-state index contributed by atoms with van der Waals surface area (Å²) < 4.78 is 0. The summed E-state index contributed by atoms with van der Waals surface area (Å²) in [5.74, 6) is 0. The third-order valence-corrected chi connectivity index (χ3v) is 3.86. The highest BCUT2D eigenvalue weighted by Crippen LogP contribution is 2.19. The van der Waals surface area contributed by atoms with Gasteiger partial charge in [-0.05, 0) is 35.2 Å². The molecule has 0 fully saturated rings. The molecule has 1 N–H and O–H groups in total. The summed E-state index contributed by atoms with van der Waals surface area (Å²) in [7, 11) is 0. The van der Waals surface area contributed by atoms with Crippen LogP contribution in [-0.2, 0) is 19.4 Å². The van der Waals surface area contributed by atoms with Crippen molar-refractivity contribution in [3.05, 3.63) is 63.9 Å². The van der Waals surface area contributed by atoms with Crippen LogP contribution in [0.2, 0.25) is 5.02 Å². The van der Waals surface area contributed by atoms with Crippen LogP contribution >= 0.6 is 11.6 Å². The molecule has 1 aromatic carbocycles. The van der Waals surface area contributed by atoms with Crippen LogP contribution in [0.3, 0.4) is 0 Å². The van der Waals surface area contributed by atoms with Crippen LogP contribution in [0.15, 0.2) is 36.5 Å². The van der Waals surface area contributed by atoms with Crippen LogP contribution in [0.5, 0.6) is 0 Å². The molecule has 2 nitrogen and oxygen atoms in total. The third-order valence-electron chi connectivity index (χ3n) is 3.49.